The van der Waals surface area contributed by atoms with Crippen LogP contribution in [-0.2, 0) is 15.1 Å². The molecule has 2 aliphatic rings. The van der Waals surface area contributed by atoms with Crippen LogP contribution in [0.2, 0.25) is 10.0 Å². The second-order valence-electron chi connectivity index (χ2n) is 12.2. The van der Waals surface area contributed by atoms with E-state index in [0.717, 1.165) is 13.1 Å². The first-order chi connectivity index (χ1) is 19.9. The van der Waals surface area contributed by atoms with Crippen LogP contribution in [0.3, 0.4) is 0 Å². The molecule has 0 spiro atoms. The first-order valence-electron chi connectivity index (χ1n) is 14.3. The lowest BCUT2D eigenvalue weighted by Crippen LogP contribution is -2.60. The highest BCUT2D eigenvalue weighted by Crippen LogP contribution is 2.37. The summed E-state index contributed by atoms with van der Waals surface area (Å²) < 4.78 is 7.27. The molecule has 42 heavy (non-hydrogen) atoms. The second-order valence-corrected chi connectivity index (χ2v) is 13.0. The number of benzene rings is 2. The van der Waals surface area contributed by atoms with E-state index < -0.39 is 11.1 Å². The third kappa shape index (κ3) is 6.08. The van der Waals surface area contributed by atoms with Gasteiger partial charge in [-0.05, 0) is 76.8 Å². The summed E-state index contributed by atoms with van der Waals surface area (Å²) >= 11 is 12.9. The maximum Gasteiger partial charge on any atom is 0.410 e. The summed E-state index contributed by atoms with van der Waals surface area (Å²) in [6, 6.07) is 11.7. The minimum absolute atomic E-state index is 0.0198. The zero-order valence-corrected chi connectivity index (χ0v) is 26.4. The number of aryl methyl sites for hydroxylation is 2. The molecule has 3 aromatic rings. The van der Waals surface area contributed by atoms with E-state index in [4.69, 9.17) is 27.9 Å². The van der Waals surface area contributed by atoms with Gasteiger partial charge in [0.2, 0.25) is 0 Å². The van der Waals surface area contributed by atoms with Crippen molar-refractivity contribution in [3.63, 3.8) is 0 Å². The molecule has 0 radical (unpaired) electrons. The van der Waals surface area contributed by atoms with Gasteiger partial charge in [0.05, 0.1) is 16.2 Å². The molecule has 0 N–H and O–H groups in total. The van der Waals surface area contributed by atoms with Gasteiger partial charge in [0.1, 0.15) is 16.8 Å². The molecule has 0 unspecified atom stereocenters. The summed E-state index contributed by atoms with van der Waals surface area (Å²) in [4.78, 5) is 33.2. The average Bonchev–Trinajstić information content (AvgIpc) is 3.43. The fraction of sp³-hybridized carbons (Fsp3) is 0.484. The van der Waals surface area contributed by atoms with Crippen molar-refractivity contribution >= 4 is 40.9 Å². The lowest BCUT2D eigenvalue weighted by Gasteiger charge is -2.45. The molecule has 0 bridgehead atoms. The fourth-order valence-electron chi connectivity index (χ4n) is 5.76. The molecule has 3 heterocycles. The first kappa shape index (κ1) is 30.2. The Morgan fingerprint density at radius 1 is 0.905 bits per heavy atom. The van der Waals surface area contributed by atoms with E-state index in [1.54, 1.807) is 34.0 Å². The van der Waals surface area contributed by atoms with Gasteiger partial charge in [0, 0.05) is 50.5 Å². The SMILES string of the molecule is Cc1ccc(C)c(N2CCN(C(=O)C3(n4cc(-c5c(Cl)cccc5Cl)nn4)CCN(C(=O)OC(C)(C)C)CC3)CC2)c1. The van der Waals surface area contributed by atoms with E-state index >= 15 is 0 Å². The van der Waals surface area contributed by atoms with Crippen LogP contribution in [0.4, 0.5) is 10.5 Å². The Balaban J connectivity index is 1.41. The fourth-order valence-corrected chi connectivity index (χ4v) is 6.35. The molecule has 2 saturated heterocycles. The van der Waals surface area contributed by atoms with Gasteiger partial charge < -0.3 is 19.4 Å². The highest BCUT2D eigenvalue weighted by atomic mass is 35.5. The Bertz CT molecular complexity index is 1450. The van der Waals surface area contributed by atoms with Crippen molar-refractivity contribution in [1.29, 1.82) is 0 Å². The summed E-state index contributed by atoms with van der Waals surface area (Å²) in [5, 5.41) is 9.76. The number of aromatic nitrogens is 3. The second kappa shape index (κ2) is 11.8. The molecule has 9 nitrogen and oxygen atoms in total. The zero-order valence-electron chi connectivity index (χ0n) is 24.9. The van der Waals surface area contributed by atoms with Crippen molar-refractivity contribution in [2.45, 2.75) is 58.6 Å². The minimum atomic E-state index is -1.01. The van der Waals surface area contributed by atoms with Crippen LogP contribution >= 0.6 is 23.2 Å². The molecule has 224 valence electrons. The monoisotopic (exact) mass is 612 g/mol. The van der Waals surface area contributed by atoms with Crippen molar-refractivity contribution < 1.29 is 14.3 Å². The Morgan fingerprint density at radius 3 is 2.17 bits per heavy atom. The highest BCUT2D eigenvalue weighted by molar-refractivity contribution is 6.39. The summed E-state index contributed by atoms with van der Waals surface area (Å²) in [6.45, 7) is 13.1. The number of anilines is 1. The average molecular weight is 614 g/mol. The summed E-state index contributed by atoms with van der Waals surface area (Å²) in [5.74, 6) is -0.0198. The third-order valence-corrected chi connectivity index (χ3v) is 8.69. The Labute approximate surface area is 257 Å². The maximum absolute atomic E-state index is 14.5. The summed E-state index contributed by atoms with van der Waals surface area (Å²) in [5.41, 5.74) is 3.09. The van der Waals surface area contributed by atoms with Gasteiger partial charge in [-0.1, -0.05) is 46.6 Å². The number of rotatable bonds is 4. The van der Waals surface area contributed by atoms with E-state index in [2.05, 4.69) is 47.3 Å². The standard InChI is InChI=1S/C31H38Cl2N6O3/c1-21-9-10-22(2)26(19-21)36-15-17-37(18-16-36)28(40)31(11-13-38(14-12-31)29(41)42-30(3,4)5)39-20-25(34-35-39)27-23(32)7-6-8-24(27)33/h6-10,19-20H,11-18H2,1-5H3. The number of hydrogen-bond donors (Lipinski definition) is 0. The predicted octanol–water partition coefficient (Wildman–Crippen LogP) is 5.94. The number of piperidine rings is 1. The normalized spacial score (nSPS) is 17.4. The van der Waals surface area contributed by atoms with Crippen LogP contribution in [0.15, 0.2) is 42.6 Å². The Kier molecular flexibility index (Phi) is 8.45. The van der Waals surface area contributed by atoms with Crippen LogP contribution in [0.1, 0.15) is 44.7 Å². The Morgan fingerprint density at radius 2 is 1.55 bits per heavy atom. The van der Waals surface area contributed by atoms with Gasteiger partial charge in [-0.25, -0.2) is 9.48 Å². The topological polar surface area (TPSA) is 83.8 Å². The maximum atomic E-state index is 14.5. The number of carbonyl (C=O) groups excluding carboxylic acids is 2. The molecule has 11 heteroatoms. The highest BCUT2D eigenvalue weighted by Gasteiger charge is 2.48. The van der Waals surface area contributed by atoms with Crippen molar-refractivity contribution in [3.05, 3.63) is 63.8 Å². The summed E-state index contributed by atoms with van der Waals surface area (Å²) in [7, 11) is 0. The van der Waals surface area contributed by atoms with Crippen LogP contribution in [0.25, 0.3) is 11.3 Å². The molecule has 1 aromatic heterocycles. The van der Waals surface area contributed by atoms with E-state index in [0.29, 0.717) is 60.3 Å². The smallest absolute Gasteiger partial charge is 0.410 e. The number of nitrogens with zero attached hydrogens (tertiary/aromatic N) is 6. The van der Waals surface area contributed by atoms with E-state index in [1.807, 2.05) is 25.7 Å². The molecule has 0 atom stereocenters. The zero-order chi connectivity index (χ0) is 30.2. The van der Waals surface area contributed by atoms with E-state index in [-0.39, 0.29) is 12.0 Å². The van der Waals surface area contributed by atoms with Crippen LogP contribution in [0.5, 0.6) is 0 Å². The molecular weight excluding hydrogens is 575 g/mol. The molecule has 0 aliphatic carbocycles. The number of amides is 2. The van der Waals surface area contributed by atoms with Crippen molar-refractivity contribution in [2.75, 3.05) is 44.2 Å². The number of halogens is 2. The van der Waals surface area contributed by atoms with E-state index in [9.17, 15) is 9.59 Å². The van der Waals surface area contributed by atoms with Crippen molar-refractivity contribution in [2.24, 2.45) is 0 Å². The lowest BCUT2D eigenvalue weighted by molar-refractivity contribution is -0.144. The van der Waals surface area contributed by atoms with Gasteiger partial charge in [-0.2, -0.15) is 0 Å². The molecule has 2 aromatic carbocycles. The molecule has 2 amide bonds. The summed E-state index contributed by atoms with van der Waals surface area (Å²) in [6.07, 6.45) is 2.12. The number of ether oxygens (including phenoxy) is 1. The van der Waals surface area contributed by atoms with Crippen LogP contribution < -0.4 is 4.90 Å². The number of carbonyl (C=O) groups is 2. The largest absolute Gasteiger partial charge is 0.444 e. The lowest BCUT2D eigenvalue weighted by atomic mass is 9.85. The Hall–Kier alpha value is -3.30. The molecule has 2 fully saturated rings. The molecule has 0 saturated carbocycles. The van der Waals surface area contributed by atoms with Gasteiger partial charge >= 0.3 is 6.09 Å². The van der Waals surface area contributed by atoms with Gasteiger partial charge in [-0.15, -0.1) is 5.10 Å². The number of hydrogen-bond acceptors (Lipinski definition) is 6. The van der Waals surface area contributed by atoms with Crippen molar-refractivity contribution in [3.8, 4) is 11.3 Å². The number of likely N-dealkylation sites (tertiary alicyclic amines) is 1. The minimum Gasteiger partial charge on any atom is -0.444 e. The predicted molar refractivity (Wildman–Crippen MR) is 165 cm³/mol. The van der Waals surface area contributed by atoms with Gasteiger partial charge in [-0.3, -0.25) is 4.79 Å². The van der Waals surface area contributed by atoms with Crippen LogP contribution in [0, 0.1) is 13.8 Å². The van der Waals surface area contributed by atoms with E-state index in [1.165, 1.54) is 16.8 Å². The van der Waals surface area contributed by atoms with Gasteiger partial charge in [0.15, 0.2) is 0 Å². The third-order valence-electron chi connectivity index (χ3n) is 8.06. The van der Waals surface area contributed by atoms with Crippen LogP contribution in [-0.4, -0.2) is 81.7 Å². The molecular formula is C31H38Cl2N6O3. The van der Waals surface area contributed by atoms with Gasteiger partial charge in [0.25, 0.3) is 5.91 Å². The number of piperazine rings is 1. The van der Waals surface area contributed by atoms with Crippen molar-refractivity contribution in [1.82, 2.24) is 24.8 Å². The first-order valence-corrected chi connectivity index (χ1v) is 15.1. The quantitative estimate of drug-likeness (QED) is 0.362. The molecule has 2 aliphatic heterocycles. The molecule has 5 rings (SSSR count).